The third-order valence-corrected chi connectivity index (χ3v) is 5.77. The molecule has 3 aromatic heterocycles. The molecule has 9 nitrogen and oxygen atoms in total. The number of aromatic nitrogens is 6. The molecule has 1 aliphatic rings. The highest BCUT2D eigenvalue weighted by atomic mass is 16.3. The molecule has 9 heteroatoms. The molecular formula is C23H26N8O. The van der Waals surface area contributed by atoms with Crippen LogP contribution in [0.3, 0.4) is 0 Å². The van der Waals surface area contributed by atoms with Gasteiger partial charge < -0.3 is 15.3 Å². The van der Waals surface area contributed by atoms with Crippen LogP contribution in [0, 0.1) is 0 Å². The maximum Gasteiger partial charge on any atom is 0.245 e. The fraction of sp³-hybridized carbons (Fsp3) is 0.348. The van der Waals surface area contributed by atoms with Gasteiger partial charge in [-0.1, -0.05) is 19.9 Å². The summed E-state index contributed by atoms with van der Waals surface area (Å²) in [6.07, 6.45) is 6.30. The zero-order chi connectivity index (χ0) is 22.2. The van der Waals surface area contributed by atoms with E-state index in [0.717, 1.165) is 41.7 Å². The van der Waals surface area contributed by atoms with E-state index in [-0.39, 0.29) is 5.75 Å². The summed E-state index contributed by atoms with van der Waals surface area (Å²) in [5.41, 5.74) is 3.72. The molecule has 164 valence electrons. The van der Waals surface area contributed by atoms with Crippen molar-refractivity contribution < 1.29 is 5.11 Å². The Balaban J connectivity index is 1.35. The standard InChI is InChI=1S/C23H26N8O/c1-14(2)27-18-6-7-31(13-18)23-25-12-20(28-29-23)19-5-4-15(9-21(19)32)16-8-17-11-26-30(3)22(17)24-10-16/h4-5,8-12,14,18,27,32H,6-7,13H2,1-3H3. The second kappa shape index (κ2) is 8.16. The number of nitrogens with one attached hydrogen (secondary N) is 1. The summed E-state index contributed by atoms with van der Waals surface area (Å²) in [6.45, 7) is 6.08. The lowest BCUT2D eigenvalue weighted by molar-refractivity contribution is 0.477. The summed E-state index contributed by atoms with van der Waals surface area (Å²) in [6, 6.07) is 8.39. The van der Waals surface area contributed by atoms with Crippen LogP contribution in [0.4, 0.5) is 5.95 Å². The van der Waals surface area contributed by atoms with E-state index >= 15 is 0 Å². The molecule has 4 heterocycles. The highest BCUT2D eigenvalue weighted by Crippen LogP contribution is 2.33. The second-order valence-corrected chi connectivity index (χ2v) is 8.53. The van der Waals surface area contributed by atoms with Gasteiger partial charge in [0.25, 0.3) is 0 Å². The molecule has 1 saturated heterocycles. The summed E-state index contributed by atoms with van der Waals surface area (Å²) in [5.74, 6) is 0.744. The molecule has 0 amide bonds. The molecule has 1 aliphatic heterocycles. The van der Waals surface area contributed by atoms with Crippen molar-refractivity contribution in [3.05, 3.63) is 42.9 Å². The first-order chi connectivity index (χ1) is 15.5. The van der Waals surface area contributed by atoms with Gasteiger partial charge in [0.05, 0.1) is 12.4 Å². The van der Waals surface area contributed by atoms with Crippen molar-refractivity contribution in [3.63, 3.8) is 0 Å². The smallest absolute Gasteiger partial charge is 0.245 e. The minimum absolute atomic E-state index is 0.125. The van der Waals surface area contributed by atoms with Gasteiger partial charge in [-0.15, -0.1) is 10.2 Å². The summed E-state index contributed by atoms with van der Waals surface area (Å²) in [5, 5.41) is 28.1. The van der Waals surface area contributed by atoms with Crippen LogP contribution in [0.5, 0.6) is 5.75 Å². The molecule has 1 fully saturated rings. The van der Waals surface area contributed by atoms with Gasteiger partial charge in [-0.05, 0) is 30.2 Å². The number of benzene rings is 1. The van der Waals surface area contributed by atoms with Gasteiger partial charge in [-0.3, -0.25) is 4.68 Å². The van der Waals surface area contributed by atoms with Crippen LogP contribution >= 0.6 is 0 Å². The molecule has 1 atom stereocenters. The zero-order valence-electron chi connectivity index (χ0n) is 18.4. The van der Waals surface area contributed by atoms with Crippen molar-refractivity contribution in [2.75, 3.05) is 18.0 Å². The molecule has 4 aromatic rings. The molecule has 0 radical (unpaired) electrons. The summed E-state index contributed by atoms with van der Waals surface area (Å²) in [4.78, 5) is 11.1. The van der Waals surface area contributed by atoms with Crippen LogP contribution in [0.1, 0.15) is 20.3 Å². The van der Waals surface area contributed by atoms with E-state index in [1.54, 1.807) is 29.3 Å². The number of rotatable bonds is 5. The van der Waals surface area contributed by atoms with Crippen LogP contribution in [0.2, 0.25) is 0 Å². The number of phenols is 1. The van der Waals surface area contributed by atoms with Crippen molar-refractivity contribution in [2.45, 2.75) is 32.4 Å². The number of fused-ring (bicyclic) bond motifs is 1. The van der Waals surface area contributed by atoms with Gasteiger partial charge in [0.15, 0.2) is 5.65 Å². The van der Waals surface area contributed by atoms with Gasteiger partial charge in [-0.25, -0.2) is 9.97 Å². The Bertz CT molecular complexity index is 1250. The SMILES string of the molecule is CC(C)NC1CCN(c2ncc(-c3ccc(-c4cnc5c(cnn5C)c4)cc3O)nn2)C1. The van der Waals surface area contributed by atoms with Crippen LogP contribution in [-0.2, 0) is 7.05 Å². The molecule has 32 heavy (non-hydrogen) atoms. The normalized spacial score (nSPS) is 16.4. The molecular weight excluding hydrogens is 404 g/mol. The molecule has 1 unspecified atom stereocenters. The predicted molar refractivity (Wildman–Crippen MR) is 123 cm³/mol. The molecule has 0 spiro atoms. The monoisotopic (exact) mass is 430 g/mol. The summed E-state index contributed by atoms with van der Waals surface area (Å²) < 4.78 is 1.73. The van der Waals surface area contributed by atoms with E-state index in [4.69, 9.17) is 0 Å². The van der Waals surface area contributed by atoms with Crippen molar-refractivity contribution in [1.29, 1.82) is 0 Å². The number of aryl methyl sites for hydroxylation is 1. The highest BCUT2D eigenvalue weighted by Gasteiger charge is 2.25. The average molecular weight is 431 g/mol. The van der Waals surface area contributed by atoms with E-state index in [1.165, 1.54) is 0 Å². The molecule has 1 aromatic carbocycles. The number of nitrogens with zero attached hydrogens (tertiary/aromatic N) is 7. The third kappa shape index (κ3) is 3.87. The lowest BCUT2D eigenvalue weighted by Gasteiger charge is -2.18. The number of pyridine rings is 1. The van der Waals surface area contributed by atoms with Crippen LogP contribution < -0.4 is 10.2 Å². The fourth-order valence-electron chi connectivity index (χ4n) is 4.22. The number of phenolic OH excluding ortho intramolecular Hbond substituents is 1. The topological polar surface area (TPSA) is 105 Å². The van der Waals surface area contributed by atoms with E-state index in [9.17, 15) is 5.11 Å². The molecule has 2 N–H and O–H groups in total. The average Bonchev–Trinajstić information content (AvgIpc) is 3.40. The number of aromatic hydroxyl groups is 1. The lowest BCUT2D eigenvalue weighted by Crippen LogP contribution is -2.37. The first-order valence-corrected chi connectivity index (χ1v) is 10.8. The minimum Gasteiger partial charge on any atom is -0.507 e. The summed E-state index contributed by atoms with van der Waals surface area (Å²) >= 11 is 0. The quantitative estimate of drug-likeness (QED) is 0.498. The lowest BCUT2D eigenvalue weighted by atomic mass is 10.0. The van der Waals surface area contributed by atoms with Crippen molar-refractivity contribution in [1.82, 2.24) is 35.3 Å². The number of anilines is 1. The second-order valence-electron chi connectivity index (χ2n) is 8.53. The Morgan fingerprint density at radius 1 is 1.06 bits per heavy atom. The van der Waals surface area contributed by atoms with E-state index in [0.29, 0.717) is 29.3 Å². The fourth-order valence-corrected chi connectivity index (χ4v) is 4.22. The number of hydrogen-bond donors (Lipinski definition) is 2. The van der Waals surface area contributed by atoms with E-state index < -0.39 is 0 Å². The predicted octanol–water partition coefficient (Wildman–Crippen LogP) is 2.77. The largest absolute Gasteiger partial charge is 0.507 e. The minimum atomic E-state index is 0.125. The molecule has 0 saturated carbocycles. The Kier molecular flexibility index (Phi) is 5.18. The van der Waals surface area contributed by atoms with Crippen molar-refractivity contribution in [2.24, 2.45) is 7.05 Å². The van der Waals surface area contributed by atoms with Gasteiger partial charge >= 0.3 is 0 Å². The number of hydrogen-bond acceptors (Lipinski definition) is 8. The molecule has 0 aliphatic carbocycles. The first kappa shape index (κ1) is 20.3. The van der Waals surface area contributed by atoms with Crippen LogP contribution in [-0.4, -0.2) is 60.2 Å². The third-order valence-electron chi connectivity index (χ3n) is 5.77. The Labute approximate surface area is 186 Å². The van der Waals surface area contributed by atoms with Crippen molar-refractivity contribution >= 4 is 17.0 Å². The van der Waals surface area contributed by atoms with Crippen molar-refractivity contribution in [3.8, 4) is 28.1 Å². The summed E-state index contributed by atoms with van der Waals surface area (Å²) in [7, 11) is 1.86. The van der Waals surface area contributed by atoms with Crippen LogP contribution in [0.25, 0.3) is 33.4 Å². The first-order valence-electron chi connectivity index (χ1n) is 10.8. The van der Waals surface area contributed by atoms with Crippen LogP contribution in [0.15, 0.2) is 42.9 Å². The Morgan fingerprint density at radius 3 is 2.69 bits per heavy atom. The highest BCUT2D eigenvalue weighted by molar-refractivity contribution is 5.82. The van der Waals surface area contributed by atoms with E-state index in [2.05, 4.69) is 49.3 Å². The van der Waals surface area contributed by atoms with Gasteiger partial charge in [0.2, 0.25) is 5.95 Å². The van der Waals surface area contributed by atoms with Gasteiger partial charge in [0, 0.05) is 54.9 Å². The van der Waals surface area contributed by atoms with Gasteiger partial charge in [-0.2, -0.15) is 5.10 Å². The molecule has 0 bridgehead atoms. The van der Waals surface area contributed by atoms with Gasteiger partial charge in [0.1, 0.15) is 11.4 Å². The molecule has 5 rings (SSSR count). The zero-order valence-corrected chi connectivity index (χ0v) is 18.4. The Morgan fingerprint density at radius 2 is 1.94 bits per heavy atom. The Hall–Kier alpha value is -3.59. The van der Waals surface area contributed by atoms with E-state index in [1.807, 2.05) is 25.2 Å². The maximum atomic E-state index is 10.7. The maximum absolute atomic E-state index is 10.7.